The smallest absolute Gasteiger partial charge is 0.223 e. The molecule has 2 aromatic rings. The summed E-state index contributed by atoms with van der Waals surface area (Å²) < 4.78 is 5.76. The molecule has 0 atom stereocenters. The number of nitrogens with zero attached hydrogens (tertiary/aromatic N) is 1. The van der Waals surface area contributed by atoms with E-state index in [1.54, 1.807) is 0 Å². The van der Waals surface area contributed by atoms with Crippen LogP contribution >= 0.6 is 0 Å². The molecule has 0 aliphatic carbocycles. The number of amides is 1. The van der Waals surface area contributed by atoms with Crippen LogP contribution in [0.25, 0.3) is 0 Å². The minimum atomic E-state index is 0.230. The highest BCUT2D eigenvalue weighted by atomic mass is 16.5. The summed E-state index contributed by atoms with van der Waals surface area (Å²) in [6, 6.07) is 16.4. The highest BCUT2D eigenvalue weighted by molar-refractivity contribution is 5.76. The summed E-state index contributed by atoms with van der Waals surface area (Å²) in [7, 11) is 0. The van der Waals surface area contributed by atoms with Crippen LogP contribution in [-0.2, 0) is 17.8 Å². The molecule has 0 aromatic heterocycles. The molecule has 1 aliphatic rings. The Hall–Kier alpha value is -2.29. The van der Waals surface area contributed by atoms with Crippen LogP contribution in [0, 0.1) is 6.92 Å². The standard InChI is InChI=1S/C20H23NO2/c1-16-7-2-5-10-19(16)23-14-6-11-20(22)21-13-12-17-8-3-4-9-18(17)15-21/h2-5,7-10H,6,11-15H2,1H3. The number of para-hydroxylation sites is 1. The van der Waals surface area contributed by atoms with Gasteiger partial charge in [-0.15, -0.1) is 0 Å². The van der Waals surface area contributed by atoms with Crippen molar-refractivity contribution in [1.29, 1.82) is 0 Å². The van der Waals surface area contributed by atoms with Gasteiger partial charge in [0.05, 0.1) is 6.61 Å². The van der Waals surface area contributed by atoms with Gasteiger partial charge in [0.1, 0.15) is 5.75 Å². The monoisotopic (exact) mass is 309 g/mol. The summed E-state index contributed by atoms with van der Waals surface area (Å²) in [6.45, 7) is 4.19. The van der Waals surface area contributed by atoms with Gasteiger partial charge in [0.15, 0.2) is 0 Å². The van der Waals surface area contributed by atoms with Crippen molar-refractivity contribution in [3.8, 4) is 5.75 Å². The molecule has 3 heteroatoms. The molecule has 0 N–H and O–H groups in total. The molecule has 120 valence electrons. The van der Waals surface area contributed by atoms with E-state index in [4.69, 9.17) is 4.74 Å². The van der Waals surface area contributed by atoms with E-state index in [1.807, 2.05) is 42.2 Å². The molecule has 0 bridgehead atoms. The lowest BCUT2D eigenvalue weighted by molar-refractivity contribution is -0.132. The van der Waals surface area contributed by atoms with E-state index in [-0.39, 0.29) is 5.91 Å². The van der Waals surface area contributed by atoms with Crippen molar-refractivity contribution in [3.05, 3.63) is 65.2 Å². The molecule has 23 heavy (non-hydrogen) atoms. The topological polar surface area (TPSA) is 29.5 Å². The number of aryl methyl sites for hydroxylation is 1. The van der Waals surface area contributed by atoms with Crippen molar-refractivity contribution in [2.24, 2.45) is 0 Å². The summed E-state index contributed by atoms with van der Waals surface area (Å²) in [5.41, 5.74) is 3.79. The summed E-state index contributed by atoms with van der Waals surface area (Å²) in [4.78, 5) is 14.3. The molecule has 3 rings (SSSR count). The fraction of sp³-hybridized carbons (Fsp3) is 0.350. The molecule has 2 aromatic carbocycles. The number of ether oxygens (including phenoxy) is 1. The van der Waals surface area contributed by atoms with E-state index in [9.17, 15) is 4.79 Å². The first-order valence-corrected chi connectivity index (χ1v) is 8.27. The van der Waals surface area contributed by atoms with Gasteiger partial charge in [0.2, 0.25) is 5.91 Å². The maximum atomic E-state index is 12.4. The Morgan fingerprint density at radius 3 is 2.65 bits per heavy atom. The third-order valence-electron chi connectivity index (χ3n) is 4.37. The van der Waals surface area contributed by atoms with Crippen LogP contribution in [0.3, 0.4) is 0 Å². The van der Waals surface area contributed by atoms with Gasteiger partial charge in [-0.3, -0.25) is 4.79 Å². The van der Waals surface area contributed by atoms with E-state index in [2.05, 4.69) is 18.2 Å². The Morgan fingerprint density at radius 2 is 1.83 bits per heavy atom. The average molecular weight is 309 g/mol. The largest absolute Gasteiger partial charge is 0.493 e. The first-order valence-electron chi connectivity index (χ1n) is 8.27. The van der Waals surface area contributed by atoms with E-state index in [0.29, 0.717) is 13.0 Å². The molecular formula is C20H23NO2. The second-order valence-corrected chi connectivity index (χ2v) is 6.05. The molecule has 1 heterocycles. The van der Waals surface area contributed by atoms with Gasteiger partial charge in [0.25, 0.3) is 0 Å². The SMILES string of the molecule is Cc1ccccc1OCCCC(=O)N1CCc2ccccc2C1. The van der Waals surface area contributed by atoms with Crippen LogP contribution in [0.1, 0.15) is 29.5 Å². The zero-order chi connectivity index (χ0) is 16.1. The number of benzene rings is 2. The van der Waals surface area contributed by atoms with Gasteiger partial charge in [-0.2, -0.15) is 0 Å². The number of hydrogen-bond acceptors (Lipinski definition) is 2. The van der Waals surface area contributed by atoms with Crippen molar-refractivity contribution >= 4 is 5.91 Å². The number of hydrogen-bond donors (Lipinski definition) is 0. The van der Waals surface area contributed by atoms with Crippen molar-refractivity contribution in [2.75, 3.05) is 13.2 Å². The molecule has 0 spiro atoms. The van der Waals surface area contributed by atoms with Gasteiger partial charge in [0, 0.05) is 19.5 Å². The van der Waals surface area contributed by atoms with Gasteiger partial charge in [-0.25, -0.2) is 0 Å². The number of rotatable bonds is 5. The van der Waals surface area contributed by atoms with Crippen LogP contribution < -0.4 is 4.74 Å². The fourth-order valence-corrected chi connectivity index (χ4v) is 2.99. The summed E-state index contributed by atoms with van der Waals surface area (Å²) >= 11 is 0. The summed E-state index contributed by atoms with van der Waals surface area (Å²) in [5.74, 6) is 1.14. The van der Waals surface area contributed by atoms with Gasteiger partial charge < -0.3 is 9.64 Å². The van der Waals surface area contributed by atoms with Gasteiger partial charge in [-0.1, -0.05) is 42.5 Å². The Bertz CT molecular complexity index is 681. The fourth-order valence-electron chi connectivity index (χ4n) is 2.99. The molecule has 3 nitrogen and oxygen atoms in total. The van der Waals surface area contributed by atoms with Crippen LogP contribution in [-0.4, -0.2) is 24.0 Å². The quantitative estimate of drug-likeness (QED) is 0.788. The highest BCUT2D eigenvalue weighted by Gasteiger charge is 2.19. The average Bonchev–Trinajstić information content (AvgIpc) is 2.59. The molecule has 0 radical (unpaired) electrons. The van der Waals surface area contributed by atoms with E-state index in [0.717, 1.165) is 37.2 Å². The Kier molecular flexibility index (Phi) is 4.96. The van der Waals surface area contributed by atoms with Gasteiger partial charge >= 0.3 is 0 Å². The molecule has 0 saturated heterocycles. The Labute approximate surface area is 137 Å². The first-order chi connectivity index (χ1) is 11.2. The molecule has 0 unspecified atom stereocenters. The van der Waals surface area contributed by atoms with Crippen LogP contribution in [0.15, 0.2) is 48.5 Å². The number of carbonyl (C=O) groups excluding carboxylic acids is 1. The third kappa shape index (κ3) is 3.92. The maximum absolute atomic E-state index is 12.4. The predicted octanol–water partition coefficient (Wildman–Crippen LogP) is 3.74. The maximum Gasteiger partial charge on any atom is 0.223 e. The minimum Gasteiger partial charge on any atom is -0.493 e. The van der Waals surface area contributed by atoms with Crippen LogP contribution in [0.5, 0.6) is 5.75 Å². The van der Waals surface area contributed by atoms with Crippen molar-refractivity contribution in [3.63, 3.8) is 0 Å². The summed E-state index contributed by atoms with van der Waals surface area (Å²) in [5, 5.41) is 0. The first kappa shape index (κ1) is 15.6. The van der Waals surface area contributed by atoms with Crippen LogP contribution in [0.4, 0.5) is 0 Å². The van der Waals surface area contributed by atoms with Crippen molar-refractivity contribution in [2.45, 2.75) is 32.7 Å². The van der Waals surface area contributed by atoms with Gasteiger partial charge in [-0.05, 0) is 42.5 Å². The third-order valence-corrected chi connectivity index (χ3v) is 4.37. The Balaban J connectivity index is 1.45. The molecule has 1 aliphatic heterocycles. The number of fused-ring (bicyclic) bond motifs is 1. The van der Waals surface area contributed by atoms with E-state index >= 15 is 0 Å². The zero-order valence-corrected chi connectivity index (χ0v) is 13.6. The van der Waals surface area contributed by atoms with Crippen molar-refractivity contribution < 1.29 is 9.53 Å². The second-order valence-electron chi connectivity index (χ2n) is 6.05. The minimum absolute atomic E-state index is 0.230. The highest BCUT2D eigenvalue weighted by Crippen LogP contribution is 2.20. The molecule has 1 amide bonds. The lowest BCUT2D eigenvalue weighted by Crippen LogP contribution is -2.35. The zero-order valence-electron chi connectivity index (χ0n) is 13.6. The number of carbonyl (C=O) groups is 1. The van der Waals surface area contributed by atoms with Crippen LogP contribution in [0.2, 0.25) is 0 Å². The van der Waals surface area contributed by atoms with E-state index < -0.39 is 0 Å². The lowest BCUT2D eigenvalue weighted by atomic mass is 9.99. The van der Waals surface area contributed by atoms with E-state index in [1.165, 1.54) is 11.1 Å². The van der Waals surface area contributed by atoms with Crippen molar-refractivity contribution in [1.82, 2.24) is 4.90 Å². The molecule has 0 saturated carbocycles. The molecule has 0 fully saturated rings. The summed E-state index contributed by atoms with van der Waals surface area (Å²) in [6.07, 6.45) is 2.26. The Morgan fingerprint density at radius 1 is 1.09 bits per heavy atom. The normalized spacial score (nSPS) is 13.5. The predicted molar refractivity (Wildman–Crippen MR) is 91.5 cm³/mol. The second kappa shape index (κ2) is 7.32. The molecular weight excluding hydrogens is 286 g/mol. The lowest BCUT2D eigenvalue weighted by Gasteiger charge is -2.29.